The van der Waals surface area contributed by atoms with Gasteiger partial charge in [-0.1, -0.05) is 30.3 Å². The minimum atomic E-state index is -0.263. The summed E-state index contributed by atoms with van der Waals surface area (Å²) < 4.78 is 12.4. The van der Waals surface area contributed by atoms with E-state index < -0.39 is 0 Å². The predicted molar refractivity (Wildman–Crippen MR) is 117 cm³/mol. The zero-order valence-electron chi connectivity index (χ0n) is 16.1. The van der Waals surface area contributed by atoms with Gasteiger partial charge in [0.15, 0.2) is 5.76 Å². The summed E-state index contributed by atoms with van der Waals surface area (Å²) in [4.78, 5) is 17.9. The van der Waals surface area contributed by atoms with Crippen molar-refractivity contribution in [3.05, 3.63) is 94.8 Å². The van der Waals surface area contributed by atoms with E-state index >= 15 is 0 Å². The second kappa shape index (κ2) is 7.33. The van der Waals surface area contributed by atoms with Crippen molar-refractivity contribution in [3.8, 4) is 17.3 Å². The fraction of sp³-hybridized carbons (Fsp3) is 0.0417. The van der Waals surface area contributed by atoms with Crippen LogP contribution in [0.15, 0.2) is 93.2 Å². The Labute approximate surface area is 171 Å². The van der Waals surface area contributed by atoms with Crippen LogP contribution in [0.3, 0.4) is 0 Å². The average Bonchev–Trinajstić information content (AvgIpc) is 3.23. The molecular weight excluding hydrogens is 378 g/mol. The SMILES string of the molecule is COc1ccc(C=Nn2c(-c3cc4ccccc4o3)nc3ccccc3c2=O)cc1. The Morgan fingerprint density at radius 3 is 2.57 bits per heavy atom. The summed E-state index contributed by atoms with van der Waals surface area (Å²) in [5.41, 5.74) is 1.88. The van der Waals surface area contributed by atoms with Gasteiger partial charge in [0.1, 0.15) is 11.3 Å². The van der Waals surface area contributed by atoms with Crippen molar-refractivity contribution in [2.24, 2.45) is 5.10 Å². The smallest absolute Gasteiger partial charge is 0.282 e. The number of aromatic nitrogens is 2. The maximum atomic E-state index is 13.2. The molecule has 0 fully saturated rings. The number of hydrogen-bond donors (Lipinski definition) is 0. The molecular formula is C24H17N3O3. The molecule has 0 spiro atoms. The largest absolute Gasteiger partial charge is 0.497 e. The minimum Gasteiger partial charge on any atom is -0.497 e. The zero-order valence-corrected chi connectivity index (χ0v) is 16.1. The van der Waals surface area contributed by atoms with Crippen LogP contribution in [0, 0.1) is 0 Å². The normalized spacial score (nSPS) is 11.5. The summed E-state index contributed by atoms with van der Waals surface area (Å²) in [6, 6.07) is 24.1. The van der Waals surface area contributed by atoms with E-state index in [1.54, 1.807) is 25.5 Å². The highest BCUT2D eigenvalue weighted by molar-refractivity contribution is 5.84. The highest BCUT2D eigenvalue weighted by atomic mass is 16.5. The van der Waals surface area contributed by atoms with Crippen LogP contribution >= 0.6 is 0 Å². The molecule has 30 heavy (non-hydrogen) atoms. The van der Waals surface area contributed by atoms with Crippen molar-refractivity contribution < 1.29 is 9.15 Å². The van der Waals surface area contributed by atoms with Gasteiger partial charge in [0, 0.05) is 5.39 Å². The van der Waals surface area contributed by atoms with Crippen LogP contribution in [-0.2, 0) is 0 Å². The van der Waals surface area contributed by atoms with Crippen molar-refractivity contribution in [2.75, 3.05) is 7.11 Å². The number of benzene rings is 3. The summed E-state index contributed by atoms with van der Waals surface area (Å²) in [6.07, 6.45) is 1.61. The Bertz CT molecular complexity index is 1410. The van der Waals surface area contributed by atoms with Crippen LogP contribution in [0.1, 0.15) is 5.56 Å². The van der Waals surface area contributed by atoms with Crippen LogP contribution < -0.4 is 10.3 Å². The van der Waals surface area contributed by atoms with E-state index in [2.05, 4.69) is 10.1 Å². The van der Waals surface area contributed by atoms with Gasteiger partial charge in [-0.05, 0) is 54.1 Å². The maximum Gasteiger partial charge on any atom is 0.282 e. The Morgan fingerprint density at radius 2 is 1.77 bits per heavy atom. The zero-order chi connectivity index (χ0) is 20.5. The summed E-state index contributed by atoms with van der Waals surface area (Å²) in [7, 11) is 1.61. The molecule has 0 saturated heterocycles. The molecule has 0 radical (unpaired) electrons. The quantitative estimate of drug-likeness (QED) is 0.414. The number of nitrogens with zero attached hydrogens (tertiary/aromatic N) is 3. The molecule has 0 aliphatic rings. The minimum absolute atomic E-state index is 0.263. The third-order valence-electron chi connectivity index (χ3n) is 4.84. The molecule has 0 bridgehead atoms. The van der Waals surface area contributed by atoms with Crippen molar-refractivity contribution >= 4 is 28.1 Å². The van der Waals surface area contributed by atoms with E-state index in [1.807, 2.05) is 66.7 Å². The average molecular weight is 395 g/mol. The first-order chi connectivity index (χ1) is 14.7. The van der Waals surface area contributed by atoms with Crippen LogP contribution in [0.4, 0.5) is 0 Å². The van der Waals surface area contributed by atoms with Crippen molar-refractivity contribution in [2.45, 2.75) is 0 Å². The van der Waals surface area contributed by atoms with Crippen LogP contribution in [0.25, 0.3) is 33.5 Å². The number of para-hydroxylation sites is 2. The number of ether oxygens (including phenoxy) is 1. The third kappa shape index (κ3) is 3.14. The Hall–Kier alpha value is -4.19. The monoisotopic (exact) mass is 395 g/mol. The molecule has 5 rings (SSSR count). The number of fused-ring (bicyclic) bond motifs is 2. The molecule has 6 heteroatoms. The number of furan rings is 1. The summed E-state index contributed by atoms with van der Waals surface area (Å²) >= 11 is 0. The standard InChI is InChI=1S/C24H17N3O3/c1-29-18-12-10-16(11-13-18)15-25-27-23(22-14-17-6-2-5-9-21(17)30-22)26-20-8-4-3-7-19(20)24(27)28/h2-15H,1H3. The lowest BCUT2D eigenvalue weighted by Crippen LogP contribution is -2.20. The van der Waals surface area contributed by atoms with Gasteiger partial charge in [-0.15, -0.1) is 0 Å². The van der Waals surface area contributed by atoms with Gasteiger partial charge in [0.2, 0.25) is 5.82 Å². The first kappa shape index (κ1) is 17.9. The summed E-state index contributed by atoms with van der Waals surface area (Å²) in [5, 5.41) is 5.87. The van der Waals surface area contributed by atoms with Gasteiger partial charge in [-0.3, -0.25) is 4.79 Å². The number of methoxy groups -OCH3 is 1. The molecule has 0 aliphatic heterocycles. The lowest BCUT2D eigenvalue weighted by Gasteiger charge is -2.07. The molecule has 2 heterocycles. The Morgan fingerprint density at radius 1 is 1.00 bits per heavy atom. The molecule has 6 nitrogen and oxygen atoms in total. The third-order valence-corrected chi connectivity index (χ3v) is 4.84. The molecule has 3 aromatic carbocycles. The van der Waals surface area contributed by atoms with Gasteiger partial charge in [0.25, 0.3) is 5.56 Å². The predicted octanol–water partition coefficient (Wildman–Crippen LogP) is 4.70. The van der Waals surface area contributed by atoms with Crippen molar-refractivity contribution in [3.63, 3.8) is 0 Å². The topological polar surface area (TPSA) is 69.6 Å². The van der Waals surface area contributed by atoms with Gasteiger partial charge in [-0.25, -0.2) is 4.98 Å². The van der Waals surface area contributed by atoms with Gasteiger partial charge >= 0.3 is 0 Å². The van der Waals surface area contributed by atoms with E-state index in [0.717, 1.165) is 22.3 Å². The van der Waals surface area contributed by atoms with Gasteiger partial charge in [-0.2, -0.15) is 9.78 Å². The van der Waals surface area contributed by atoms with Gasteiger partial charge in [0.05, 0.1) is 24.2 Å². The Kier molecular flexibility index (Phi) is 4.37. The fourth-order valence-corrected chi connectivity index (χ4v) is 3.30. The van der Waals surface area contributed by atoms with Crippen molar-refractivity contribution in [1.29, 1.82) is 0 Å². The molecule has 0 aliphatic carbocycles. The molecule has 0 unspecified atom stereocenters. The van der Waals surface area contributed by atoms with E-state index in [1.165, 1.54) is 4.68 Å². The highest BCUT2D eigenvalue weighted by Crippen LogP contribution is 2.27. The van der Waals surface area contributed by atoms with Crippen LogP contribution in [-0.4, -0.2) is 23.0 Å². The maximum absolute atomic E-state index is 13.2. The first-order valence-corrected chi connectivity index (χ1v) is 9.42. The van der Waals surface area contributed by atoms with E-state index in [9.17, 15) is 4.79 Å². The highest BCUT2D eigenvalue weighted by Gasteiger charge is 2.16. The molecule has 5 aromatic rings. The van der Waals surface area contributed by atoms with Crippen molar-refractivity contribution in [1.82, 2.24) is 9.66 Å². The van der Waals surface area contributed by atoms with Crippen LogP contribution in [0.2, 0.25) is 0 Å². The molecule has 0 saturated carbocycles. The first-order valence-electron chi connectivity index (χ1n) is 9.42. The lowest BCUT2D eigenvalue weighted by molar-refractivity contribution is 0.415. The Balaban J connectivity index is 1.70. The molecule has 0 amide bonds. The molecule has 146 valence electrons. The van der Waals surface area contributed by atoms with Gasteiger partial charge < -0.3 is 9.15 Å². The second-order valence-corrected chi connectivity index (χ2v) is 6.74. The lowest BCUT2D eigenvalue weighted by atomic mass is 10.2. The molecule has 0 atom stereocenters. The second-order valence-electron chi connectivity index (χ2n) is 6.74. The van der Waals surface area contributed by atoms with E-state index in [-0.39, 0.29) is 5.56 Å². The fourth-order valence-electron chi connectivity index (χ4n) is 3.30. The van der Waals surface area contributed by atoms with E-state index in [0.29, 0.717) is 22.5 Å². The molecule has 2 aromatic heterocycles. The summed E-state index contributed by atoms with van der Waals surface area (Å²) in [5.74, 6) is 1.57. The summed E-state index contributed by atoms with van der Waals surface area (Å²) in [6.45, 7) is 0. The molecule has 0 N–H and O–H groups in total. The van der Waals surface area contributed by atoms with E-state index in [4.69, 9.17) is 9.15 Å². The number of hydrogen-bond acceptors (Lipinski definition) is 5. The van der Waals surface area contributed by atoms with Crippen LogP contribution in [0.5, 0.6) is 5.75 Å². The number of rotatable bonds is 4.